The summed E-state index contributed by atoms with van der Waals surface area (Å²) < 4.78 is 5.52. The summed E-state index contributed by atoms with van der Waals surface area (Å²) in [7, 11) is 0. The zero-order valence-corrected chi connectivity index (χ0v) is 58.6. The molecule has 0 spiro atoms. The summed E-state index contributed by atoms with van der Waals surface area (Å²) in [4.78, 5) is 24.7. The topological polar surface area (TPSA) is 95.9 Å². The van der Waals surface area contributed by atoms with E-state index in [0.29, 0.717) is 19.4 Å². The molecule has 0 saturated carbocycles. The Labute approximate surface area is 539 Å². The van der Waals surface area contributed by atoms with Crippen molar-refractivity contribution in [2.45, 2.75) is 463 Å². The molecule has 3 N–H and O–H groups in total. The second-order valence-electron chi connectivity index (χ2n) is 27.4. The lowest BCUT2D eigenvalue weighted by Gasteiger charge is -2.20. The van der Waals surface area contributed by atoms with Gasteiger partial charge < -0.3 is 20.3 Å². The summed E-state index contributed by atoms with van der Waals surface area (Å²) in [6.07, 6.45) is 97.2. The molecular formula is C80H155NO5. The SMILES string of the molecule is CCCCCCCCCCCCCCCCCCCCCC/C=C/C(O)C(CO)NC(=O)CCCCCCCCCCCCCC/C=C\CCCCCCCCCCCCCCOC(=O)CCCCCCCCCCCCCCCCCCCCC. The van der Waals surface area contributed by atoms with E-state index in [1.807, 2.05) is 6.08 Å². The lowest BCUT2D eigenvalue weighted by Crippen LogP contribution is -2.45. The molecular weight excluding hydrogens is 1050 g/mol. The largest absolute Gasteiger partial charge is 0.466 e. The minimum atomic E-state index is -0.846. The number of carbonyl (C=O) groups is 2. The van der Waals surface area contributed by atoms with E-state index < -0.39 is 12.1 Å². The van der Waals surface area contributed by atoms with Gasteiger partial charge in [-0.1, -0.05) is 404 Å². The molecule has 0 heterocycles. The number of aliphatic hydroxyl groups excluding tert-OH is 2. The quantitative estimate of drug-likeness (QED) is 0.0320. The maximum absolute atomic E-state index is 12.5. The van der Waals surface area contributed by atoms with Crippen LogP contribution in [-0.2, 0) is 14.3 Å². The van der Waals surface area contributed by atoms with E-state index in [0.717, 1.165) is 38.5 Å². The van der Waals surface area contributed by atoms with Crippen molar-refractivity contribution in [3.8, 4) is 0 Å². The van der Waals surface area contributed by atoms with Gasteiger partial charge in [-0.3, -0.25) is 9.59 Å². The number of rotatable bonds is 75. The summed E-state index contributed by atoms with van der Waals surface area (Å²) in [6, 6.07) is -0.629. The molecule has 0 aromatic rings. The number of hydrogen-bond donors (Lipinski definition) is 3. The van der Waals surface area contributed by atoms with Crippen molar-refractivity contribution in [2.24, 2.45) is 0 Å². The van der Waals surface area contributed by atoms with Crippen LogP contribution >= 0.6 is 0 Å². The Kier molecular flexibility index (Phi) is 74.3. The van der Waals surface area contributed by atoms with Gasteiger partial charge >= 0.3 is 5.97 Å². The molecule has 0 radical (unpaired) electrons. The van der Waals surface area contributed by atoms with Gasteiger partial charge in [-0.05, 0) is 57.8 Å². The summed E-state index contributed by atoms with van der Waals surface area (Å²) in [6.45, 7) is 4.96. The van der Waals surface area contributed by atoms with Gasteiger partial charge in [-0.25, -0.2) is 0 Å². The van der Waals surface area contributed by atoms with E-state index in [-0.39, 0.29) is 18.5 Å². The van der Waals surface area contributed by atoms with Gasteiger partial charge in [0.1, 0.15) is 0 Å². The summed E-state index contributed by atoms with van der Waals surface area (Å²) in [5.74, 6) is -0.0416. The minimum absolute atomic E-state index is 0.0214. The van der Waals surface area contributed by atoms with Crippen LogP contribution in [0.2, 0.25) is 0 Å². The highest BCUT2D eigenvalue weighted by Crippen LogP contribution is 2.20. The Bertz CT molecular complexity index is 1350. The van der Waals surface area contributed by atoms with Gasteiger partial charge in [0.2, 0.25) is 5.91 Å². The van der Waals surface area contributed by atoms with Gasteiger partial charge in [0.25, 0.3) is 0 Å². The fourth-order valence-electron chi connectivity index (χ4n) is 12.7. The molecule has 0 rings (SSSR count). The van der Waals surface area contributed by atoms with E-state index in [1.54, 1.807) is 6.08 Å². The highest BCUT2D eigenvalue weighted by atomic mass is 16.5. The first-order valence-electron chi connectivity index (χ1n) is 39.6. The molecule has 0 aliphatic rings. The first-order chi connectivity index (χ1) is 42.5. The lowest BCUT2D eigenvalue weighted by atomic mass is 10.0. The first-order valence-corrected chi connectivity index (χ1v) is 39.6. The van der Waals surface area contributed by atoms with Crippen LogP contribution in [0, 0.1) is 0 Å². The third-order valence-electron chi connectivity index (χ3n) is 18.7. The third kappa shape index (κ3) is 71.4. The van der Waals surface area contributed by atoms with Crippen molar-refractivity contribution in [3.05, 3.63) is 24.3 Å². The molecule has 6 nitrogen and oxygen atoms in total. The molecule has 0 aromatic heterocycles. The molecule has 510 valence electrons. The van der Waals surface area contributed by atoms with E-state index in [4.69, 9.17) is 4.74 Å². The number of esters is 1. The maximum Gasteiger partial charge on any atom is 0.305 e. The molecule has 0 aliphatic heterocycles. The van der Waals surface area contributed by atoms with Crippen LogP contribution in [0.15, 0.2) is 24.3 Å². The number of amides is 1. The van der Waals surface area contributed by atoms with Crippen molar-refractivity contribution in [2.75, 3.05) is 13.2 Å². The minimum Gasteiger partial charge on any atom is -0.466 e. The van der Waals surface area contributed by atoms with Crippen LogP contribution in [0.4, 0.5) is 0 Å². The van der Waals surface area contributed by atoms with Crippen LogP contribution in [-0.4, -0.2) is 47.4 Å². The molecule has 0 bridgehead atoms. The smallest absolute Gasteiger partial charge is 0.305 e. The Morgan fingerprint density at radius 1 is 0.314 bits per heavy atom. The fraction of sp³-hybridized carbons (Fsp3) is 0.925. The Balaban J connectivity index is 3.38. The third-order valence-corrected chi connectivity index (χ3v) is 18.7. The van der Waals surface area contributed by atoms with E-state index >= 15 is 0 Å². The Hall–Kier alpha value is -1.66. The lowest BCUT2D eigenvalue weighted by molar-refractivity contribution is -0.143. The summed E-state index contributed by atoms with van der Waals surface area (Å²) in [5.41, 5.74) is 0. The van der Waals surface area contributed by atoms with Crippen molar-refractivity contribution in [1.29, 1.82) is 0 Å². The summed E-state index contributed by atoms with van der Waals surface area (Å²) in [5, 5.41) is 23.3. The highest BCUT2D eigenvalue weighted by molar-refractivity contribution is 5.76. The molecule has 86 heavy (non-hydrogen) atoms. The maximum atomic E-state index is 12.5. The number of hydrogen-bond acceptors (Lipinski definition) is 5. The number of nitrogens with one attached hydrogen (secondary N) is 1. The van der Waals surface area contributed by atoms with Gasteiger partial charge in [-0.2, -0.15) is 0 Å². The van der Waals surface area contributed by atoms with Gasteiger partial charge in [-0.15, -0.1) is 0 Å². The van der Waals surface area contributed by atoms with E-state index in [1.165, 1.54) is 385 Å². The van der Waals surface area contributed by atoms with Crippen LogP contribution in [0.25, 0.3) is 0 Å². The highest BCUT2D eigenvalue weighted by Gasteiger charge is 2.18. The standard InChI is InChI=1S/C80H155NO5/c1-3-5-7-9-11-13-15-17-19-21-23-24-33-37-40-44-48-52-56-60-64-68-72-78(83)77(76-82)81-79(84)73-69-65-61-57-53-49-45-41-38-34-31-29-27-25-26-28-30-32-35-39-43-47-51-55-59-63-67-71-75-86-80(85)74-70-66-62-58-54-50-46-42-36-22-20-18-16-14-12-10-8-6-4-2/h25-26,68,72,77-78,82-83H,3-24,27-67,69-71,73-76H2,1-2H3,(H,81,84)/b26-25-,72-68+. The predicted octanol–water partition coefficient (Wildman–Crippen LogP) is 26.0. The Morgan fingerprint density at radius 2 is 0.547 bits per heavy atom. The van der Waals surface area contributed by atoms with Crippen LogP contribution in [0.1, 0.15) is 450 Å². The van der Waals surface area contributed by atoms with Crippen molar-refractivity contribution >= 4 is 11.9 Å². The second kappa shape index (κ2) is 75.8. The molecule has 2 unspecified atom stereocenters. The van der Waals surface area contributed by atoms with E-state index in [9.17, 15) is 19.8 Å². The molecule has 0 aliphatic carbocycles. The van der Waals surface area contributed by atoms with Gasteiger partial charge in [0, 0.05) is 12.8 Å². The average molecular weight is 1210 g/mol. The fourth-order valence-corrected chi connectivity index (χ4v) is 12.7. The zero-order chi connectivity index (χ0) is 62.0. The first kappa shape index (κ1) is 84.3. The molecule has 0 aromatic carbocycles. The normalized spacial score (nSPS) is 12.6. The van der Waals surface area contributed by atoms with Crippen molar-refractivity contribution in [3.63, 3.8) is 0 Å². The Morgan fingerprint density at radius 3 is 0.826 bits per heavy atom. The number of carbonyl (C=O) groups excluding carboxylic acids is 2. The van der Waals surface area contributed by atoms with Crippen molar-refractivity contribution in [1.82, 2.24) is 5.32 Å². The van der Waals surface area contributed by atoms with Crippen molar-refractivity contribution < 1.29 is 24.5 Å². The number of allylic oxidation sites excluding steroid dienone is 3. The van der Waals surface area contributed by atoms with E-state index in [2.05, 4.69) is 31.3 Å². The average Bonchev–Trinajstić information content (AvgIpc) is 3.53. The number of ether oxygens (including phenoxy) is 1. The van der Waals surface area contributed by atoms with Crippen LogP contribution < -0.4 is 5.32 Å². The van der Waals surface area contributed by atoms with Gasteiger partial charge in [0.05, 0.1) is 25.4 Å². The van der Waals surface area contributed by atoms with Gasteiger partial charge in [0.15, 0.2) is 0 Å². The zero-order valence-electron chi connectivity index (χ0n) is 58.6. The molecule has 0 saturated heterocycles. The number of aliphatic hydroxyl groups is 2. The number of unbranched alkanes of at least 4 members (excludes halogenated alkanes) is 62. The molecule has 0 fully saturated rings. The van der Waals surface area contributed by atoms with Crippen LogP contribution in [0.3, 0.4) is 0 Å². The molecule has 1 amide bonds. The molecule has 2 atom stereocenters. The molecule has 6 heteroatoms. The monoisotopic (exact) mass is 1210 g/mol. The summed E-state index contributed by atoms with van der Waals surface area (Å²) >= 11 is 0. The van der Waals surface area contributed by atoms with Crippen LogP contribution in [0.5, 0.6) is 0 Å². The second-order valence-corrected chi connectivity index (χ2v) is 27.4. The predicted molar refractivity (Wildman–Crippen MR) is 380 cm³/mol.